The van der Waals surface area contributed by atoms with Crippen molar-refractivity contribution in [3.63, 3.8) is 0 Å². The van der Waals surface area contributed by atoms with Gasteiger partial charge in [-0.25, -0.2) is 4.98 Å². The highest BCUT2D eigenvalue weighted by molar-refractivity contribution is 6.03. The maximum atomic E-state index is 12.4. The van der Waals surface area contributed by atoms with Gasteiger partial charge in [-0.2, -0.15) is 5.10 Å². The second-order valence-electron chi connectivity index (χ2n) is 5.60. The Labute approximate surface area is 134 Å². The van der Waals surface area contributed by atoms with Crippen molar-refractivity contribution in [2.24, 2.45) is 7.05 Å². The smallest absolute Gasteiger partial charge is 0.276 e. The molecule has 0 aliphatic heterocycles. The molecule has 0 saturated carbocycles. The fourth-order valence-corrected chi connectivity index (χ4v) is 2.42. The van der Waals surface area contributed by atoms with Gasteiger partial charge in [0.05, 0.1) is 6.20 Å². The number of amides is 1. The zero-order chi connectivity index (χ0) is 16.4. The van der Waals surface area contributed by atoms with E-state index < -0.39 is 0 Å². The molecule has 0 aliphatic carbocycles. The Morgan fingerprint density at radius 3 is 2.78 bits per heavy atom. The topological polar surface area (TPSA) is 73.0 Å². The summed E-state index contributed by atoms with van der Waals surface area (Å²) in [4.78, 5) is 16.5. The summed E-state index contributed by atoms with van der Waals surface area (Å²) in [5, 5.41) is 7.13. The van der Waals surface area contributed by atoms with Crippen molar-refractivity contribution in [1.82, 2.24) is 14.8 Å². The molecule has 2 heterocycles. The first-order valence-corrected chi connectivity index (χ1v) is 7.40. The van der Waals surface area contributed by atoms with E-state index >= 15 is 0 Å². The second kappa shape index (κ2) is 6.08. The monoisotopic (exact) mass is 310 g/mol. The van der Waals surface area contributed by atoms with Gasteiger partial charge in [-0.1, -0.05) is 19.9 Å². The van der Waals surface area contributed by atoms with E-state index in [0.29, 0.717) is 23.2 Å². The van der Waals surface area contributed by atoms with Gasteiger partial charge in [-0.3, -0.25) is 9.48 Å². The van der Waals surface area contributed by atoms with Crippen LogP contribution in [0.4, 0.5) is 5.69 Å². The molecule has 0 radical (unpaired) electrons. The number of hydrogen-bond acceptors (Lipinski definition) is 4. The fourth-order valence-electron chi connectivity index (χ4n) is 2.42. The number of anilines is 1. The molecule has 6 heteroatoms. The number of nitrogens with zero attached hydrogens (tertiary/aromatic N) is 3. The second-order valence-corrected chi connectivity index (χ2v) is 5.60. The van der Waals surface area contributed by atoms with Crippen LogP contribution in [0.1, 0.15) is 35.9 Å². The Morgan fingerprint density at radius 2 is 2.13 bits per heavy atom. The lowest BCUT2D eigenvalue weighted by atomic mass is 10.1. The maximum absolute atomic E-state index is 12.4. The molecule has 1 amide bonds. The molecule has 3 aromatic rings. The van der Waals surface area contributed by atoms with Gasteiger partial charge < -0.3 is 9.73 Å². The number of nitrogens with one attached hydrogen (secondary N) is 1. The summed E-state index contributed by atoms with van der Waals surface area (Å²) in [5.74, 6) is 0.584. The van der Waals surface area contributed by atoms with E-state index in [1.54, 1.807) is 10.9 Å². The molecule has 0 fully saturated rings. The SMILES string of the molecule is CC(C)c1cc(C(=O)Nc2cccc(-c3ncco3)c2)nn1C. The van der Waals surface area contributed by atoms with Gasteiger partial charge in [0.15, 0.2) is 5.69 Å². The lowest BCUT2D eigenvalue weighted by molar-refractivity contribution is 0.102. The third-order valence-electron chi connectivity index (χ3n) is 3.54. The first-order chi connectivity index (χ1) is 11.0. The highest BCUT2D eigenvalue weighted by Gasteiger charge is 2.15. The quantitative estimate of drug-likeness (QED) is 0.801. The molecule has 0 atom stereocenters. The van der Waals surface area contributed by atoms with E-state index in [9.17, 15) is 4.79 Å². The van der Waals surface area contributed by atoms with Crippen LogP contribution in [0.25, 0.3) is 11.5 Å². The lowest BCUT2D eigenvalue weighted by Crippen LogP contribution is -2.13. The van der Waals surface area contributed by atoms with Crippen LogP contribution in [-0.4, -0.2) is 20.7 Å². The summed E-state index contributed by atoms with van der Waals surface area (Å²) in [5.41, 5.74) is 2.89. The Bertz CT molecular complexity index is 819. The van der Waals surface area contributed by atoms with E-state index in [0.717, 1.165) is 11.3 Å². The summed E-state index contributed by atoms with van der Waals surface area (Å²) in [6.45, 7) is 4.14. The molecule has 23 heavy (non-hydrogen) atoms. The molecule has 1 aromatic carbocycles. The largest absolute Gasteiger partial charge is 0.445 e. The van der Waals surface area contributed by atoms with Gasteiger partial charge in [-0.15, -0.1) is 0 Å². The molecule has 0 spiro atoms. The number of carbonyl (C=O) groups excluding carboxylic acids is 1. The van der Waals surface area contributed by atoms with E-state index in [1.165, 1.54) is 6.26 Å². The minimum Gasteiger partial charge on any atom is -0.445 e. The zero-order valence-corrected chi connectivity index (χ0v) is 13.3. The van der Waals surface area contributed by atoms with E-state index in [2.05, 4.69) is 29.2 Å². The van der Waals surface area contributed by atoms with Gasteiger partial charge in [0.2, 0.25) is 5.89 Å². The normalized spacial score (nSPS) is 11.0. The van der Waals surface area contributed by atoms with Gasteiger partial charge in [0, 0.05) is 24.0 Å². The standard InChI is InChI=1S/C17H18N4O2/c1-11(2)15-10-14(20-21(15)3)16(22)19-13-6-4-5-12(9-13)17-18-7-8-23-17/h4-11H,1-3H3,(H,19,22). The number of rotatable bonds is 4. The van der Waals surface area contributed by atoms with Gasteiger partial charge in [-0.05, 0) is 30.2 Å². The van der Waals surface area contributed by atoms with Crippen LogP contribution in [0.3, 0.4) is 0 Å². The predicted octanol–water partition coefficient (Wildman–Crippen LogP) is 3.45. The van der Waals surface area contributed by atoms with Gasteiger partial charge in [0.25, 0.3) is 5.91 Å². The van der Waals surface area contributed by atoms with Crippen molar-refractivity contribution < 1.29 is 9.21 Å². The molecule has 1 N–H and O–H groups in total. The van der Waals surface area contributed by atoms with E-state index in [-0.39, 0.29) is 5.91 Å². The van der Waals surface area contributed by atoms with Crippen molar-refractivity contribution in [1.29, 1.82) is 0 Å². The first-order valence-electron chi connectivity index (χ1n) is 7.40. The Balaban J connectivity index is 1.80. The van der Waals surface area contributed by atoms with Crippen LogP contribution in [0.5, 0.6) is 0 Å². The average Bonchev–Trinajstić information content (AvgIpc) is 3.16. The Kier molecular flexibility index (Phi) is 3.97. The summed E-state index contributed by atoms with van der Waals surface area (Å²) in [7, 11) is 1.84. The van der Waals surface area contributed by atoms with Gasteiger partial charge in [0.1, 0.15) is 6.26 Å². The Morgan fingerprint density at radius 1 is 1.30 bits per heavy atom. The summed E-state index contributed by atoms with van der Waals surface area (Å²) >= 11 is 0. The number of aromatic nitrogens is 3. The van der Waals surface area contributed by atoms with E-state index in [1.807, 2.05) is 37.4 Å². The highest BCUT2D eigenvalue weighted by Crippen LogP contribution is 2.21. The third kappa shape index (κ3) is 3.15. The molecule has 2 aromatic heterocycles. The average molecular weight is 310 g/mol. The molecule has 0 bridgehead atoms. The zero-order valence-electron chi connectivity index (χ0n) is 13.3. The van der Waals surface area contributed by atoms with Crippen LogP contribution in [0.15, 0.2) is 47.2 Å². The Hall–Kier alpha value is -2.89. The number of carbonyl (C=O) groups is 1. The van der Waals surface area contributed by atoms with Gasteiger partial charge >= 0.3 is 0 Å². The number of benzene rings is 1. The van der Waals surface area contributed by atoms with Crippen molar-refractivity contribution in [2.75, 3.05) is 5.32 Å². The van der Waals surface area contributed by atoms with Crippen LogP contribution in [0.2, 0.25) is 0 Å². The minimum absolute atomic E-state index is 0.239. The molecule has 3 rings (SSSR count). The minimum atomic E-state index is -0.239. The van der Waals surface area contributed by atoms with Crippen LogP contribution in [0, 0.1) is 0 Å². The number of aryl methyl sites for hydroxylation is 1. The molecule has 0 unspecified atom stereocenters. The van der Waals surface area contributed by atoms with Crippen molar-refractivity contribution in [3.05, 3.63) is 54.2 Å². The van der Waals surface area contributed by atoms with Crippen LogP contribution < -0.4 is 5.32 Å². The molecule has 0 aliphatic rings. The third-order valence-corrected chi connectivity index (χ3v) is 3.54. The number of oxazole rings is 1. The molecular formula is C17H18N4O2. The lowest BCUT2D eigenvalue weighted by Gasteiger charge is -2.04. The molecule has 118 valence electrons. The summed E-state index contributed by atoms with van der Waals surface area (Å²) in [6.07, 6.45) is 3.10. The van der Waals surface area contributed by atoms with E-state index in [4.69, 9.17) is 4.42 Å². The van der Waals surface area contributed by atoms with Crippen molar-refractivity contribution >= 4 is 11.6 Å². The van der Waals surface area contributed by atoms with Crippen molar-refractivity contribution in [2.45, 2.75) is 19.8 Å². The van der Waals surface area contributed by atoms with Crippen molar-refractivity contribution in [3.8, 4) is 11.5 Å². The molecular weight excluding hydrogens is 292 g/mol. The molecule has 0 saturated heterocycles. The molecule has 6 nitrogen and oxygen atoms in total. The first kappa shape index (κ1) is 15.0. The summed E-state index contributed by atoms with van der Waals surface area (Å²) < 4.78 is 7.01. The number of hydrogen-bond donors (Lipinski definition) is 1. The maximum Gasteiger partial charge on any atom is 0.276 e. The fraction of sp³-hybridized carbons (Fsp3) is 0.235. The predicted molar refractivity (Wildman–Crippen MR) is 87.2 cm³/mol. The summed E-state index contributed by atoms with van der Waals surface area (Å²) in [6, 6.07) is 9.16. The van der Waals surface area contributed by atoms with Crippen LogP contribution in [-0.2, 0) is 7.05 Å². The van der Waals surface area contributed by atoms with Crippen LogP contribution >= 0.6 is 0 Å². The highest BCUT2D eigenvalue weighted by atomic mass is 16.3.